The monoisotopic (exact) mass is 430 g/mol. The SMILES string of the molecule is CC(C)(C)OC(=O)NCCc1c(C(=O)O)nnn1Cc1sccc1Br. The Kier molecular flexibility index (Phi) is 6.17. The summed E-state index contributed by atoms with van der Waals surface area (Å²) >= 11 is 4.98. The number of thiophene rings is 1. The average molecular weight is 431 g/mol. The van der Waals surface area contributed by atoms with E-state index in [1.54, 1.807) is 20.8 Å². The molecule has 8 nitrogen and oxygen atoms in total. The molecule has 2 aromatic heterocycles. The Bertz CT molecular complexity index is 766. The molecule has 0 aromatic carbocycles. The van der Waals surface area contributed by atoms with Crippen molar-refractivity contribution >= 4 is 39.3 Å². The number of ether oxygens (including phenoxy) is 1. The highest BCUT2D eigenvalue weighted by molar-refractivity contribution is 9.10. The third-order valence-electron chi connectivity index (χ3n) is 3.05. The molecule has 0 radical (unpaired) electrons. The molecule has 0 aliphatic heterocycles. The Labute approximate surface area is 157 Å². The lowest BCUT2D eigenvalue weighted by molar-refractivity contribution is 0.0528. The molecule has 0 bridgehead atoms. The van der Waals surface area contributed by atoms with Crippen molar-refractivity contribution in [3.63, 3.8) is 0 Å². The highest BCUT2D eigenvalue weighted by atomic mass is 79.9. The lowest BCUT2D eigenvalue weighted by Gasteiger charge is -2.19. The molecule has 0 spiro atoms. The van der Waals surface area contributed by atoms with Crippen LogP contribution in [0.5, 0.6) is 0 Å². The molecule has 0 saturated carbocycles. The average Bonchev–Trinajstić information content (AvgIpc) is 3.05. The Hall–Kier alpha value is -1.94. The number of alkyl carbamates (subject to hydrolysis) is 1. The fourth-order valence-electron chi connectivity index (χ4n) is 2.04. The molecule has 136 valence electrons. The van der Waals surface area contributed by atoms with Gasteiger partial charge in [0.25, 0.3) is 0 Å². The third kappa shape index (κ3) is 5.53. The standard InChI is InChI=1S/C15H19BrN4O4S/c1-15(2,3)24-14(23)17-6-4-10-12(13(21)22)18-19-20(10)8-11-9(16)5-7-25-11/h5,7H,4,6,8H2,1-3H3,(H,17,23)(H,21,22). The van der Waals surface area contributed by atoms with Crippen LogP contribution >= 0.6 is 27.3 Å². The van der Waals surface area contributed by atoms with Crippen LogP contribution in [0.15, 0.2) is 15.9 Å². The van der Waals surface area contributed by atoms with Crippen molar-refractivity contribution in [1.82, 2.24) is 20.3 Å². The van der Waals surface area contributed by atoms with Gasteiger partial charge in [-0.15, -0.1) is 16.4 Å². The molecule has 2 heterocycles. The van der Waals surface area contributed by atoms with Crippen LogP contribution in [0.25, 0.3) is 0 Å². The molecule has 0 aliphatic rings. The van der Waals surface area contributed by atoms with Gasteiger partial charge in [0.1, 0.15) is 5.60 Å². The zero-order valence-electron chi connectivity index (χ0n) is 14.1. The first-order chi connectivity index (χ1) is 11.7. The number of carbonyl (C=O) groups is 2. The summed E-state index contributed by atoms with van der Waals surface area (Å²) in [6, 6.07) is 1.92. The Balaban J connectivity index is 2.07. The van der Waals surface area contributed by atoms with Gasteiger partial charge in [-0.3, -0.25) is 0 Å². The Morgan fingerprint density at radius 3 is 2.72 bits per heavy atom. The fraction of sp³-hybridized carbons (Fsp3) is 0.467. The molecule has 2 aromatic rings. The van der Waals surface area contributed by atoms with E-state index in [4.69, 9.17) is 4.74 Å². The number of nitrogens with zero attached hydrogens (tertiary/aromatic N) is 3. The molecule has 0 aliphatic carbocycles. The minimum Gasteiger partial charge on any atom is -0.476 e. The number of hydrogen-bond donors (Lipinski definition) is 2. The summed E-state index contributed by atoms with van der Waals surface area (Å²) in [6.07, 6.45) is -0.277. The summed E-state index contributed by atoms with van der Waals surface area (Å²) in [7, 11) is 0. The second-order valence-corrected chi connectivity index (χ2v) is 8.07. The van der Waals surface area contributed by atoms with Gasteiger partial charge in [0.05, 0.1) is 12.2 Å². The van der Waals surface area contributed by atoms with Crippen LogP contribution < -0.4 is 5.32 Å². The predicted molar refractivity (Wildman–Crippen MR) is 96.0 cm³/mol. The number of nitrogens with one attached hydrogen (secondary N) is 1. The van der Waals surface area contributed by atoms with Crippen LogP contribution in [0.4, 0.5) is 4.79 Å². The fourth-order valence-corrected chi connectivity index (χ4v) is 3.50. The highest BCUT2D eigenvalue weighted by Gasteiger charge is 2.21. The van der Waals surface area contributed by atoms with Gasteiger partial charge < -0.3 is 15.2 Å². The van der Waals surface area contributed by atoms with Crippen molar-refractivity contribution in [3.8, 4) is 0 Å². The number of rotatable bonds is 6. The predicted octanol–water partition coefficient (Wildman–Crippen LogP) is 2.92. The number of aromatic carboxylic acids is 1. The molecule has 0 unspecified atom stereocenters. The minimum absolute atomic E-state index is 0.112. The Morgan fingerprint density at radius 2 is 2.16 bits per heavy atom. The van der Waals surface area contributed by atoms with Gasteiger partial charge in [0.15, 0.2) is 5.69 Å². The van der Waals surface area contributed by atoms with Crippen LogP contribution in [0.1, 0.15) is 41.8 Å². The first-order valence-electron chi connectivity index (χ1n) is 7.52. The van der Waals surface area contributed by atoms with Gasteiger partial charge in [0, 0.05) is 22.3 Å². The van der Waals surface area contributed by atoms with Crippen LogP contribution in [0.3, 0.4) is 0 Å². The molecule has 10 heteroatoms. The zero-order chi connectivity index (χ0) is 18.6. The van der Waals surface area contributed by atoms with Crippen molar-refractivity contribution in [2.75, 3.05) is 6.54 Å². The minimum atomic E-state index is -1.15. The summed E-state index contributed by atoms with van der Waals surface area (Å²) in [5.41, 5.74) is -0.257. The van der Waals surface area contributed by atoms with Crippen molar-refractivity contribution in [3.05, 3.63) is 32.2 Å². The van der Waals surface area contributed by atoms with Gasteiger partial charge in [-0.25, -0.2) is 14.3 Å². The number of carboxylic acid groups (broad SMARTS) is 1. The summed E-state index contributed by atoms with van der Waals surface area (Å²) < 4.78 is 7.63. The lowest BCUT2D eigenvalue weighted by Crippen LogP contribution is -2.34. The molecule has 1 amide bonds. The number of amides is 1. The smallest absolute Gasteiger partial charge is 0.407 e. The topological polar surface area (TPSA) is 106 Å². The van der Waals surface area contributed by atoms with Gasteiger partial charge in [0.2, 0.25) is 0 Å². The molecule has 0 saturated heterocycles. The molecule has 25 heavy (non-hydrogen) atoms. The van der Waals surface area contributed by atoms with E-state index in [9.17, 15) is 14.7 Å². The molecular weight excluding hydrogens is 412 g/mol. The van der Waals surface area contributed by atoms with Gasteiger partial charge >= 0.3 is 12.1 Å². The molecule has 2 rings (SSSR count). The lowest BCUT2D eigenvalue weighted by atomic mass is 10.2. The van der Waals surface area contributed by atoms with Crippen molar-refractivity contribution < 1.29 is 19.4 Å². The summed E-state index contributed by atoms with van der Waals surface area (Å²) in [5, 5.41) is 21.5. The largest absolute Gasteiger partial charge is 0.476 e. The van der Waals surface area contributed by atoms with E-state index in [1.165, 1.54) is 16.0 Å². The second-order valence-electron chi connectivity index (χ2n) is 6.22. The first-order valence-corrected chi connectivity index (χ1v) is 9.19. The Morgan fingerprint density at radius 1 is 1.44 bits per heavy atom. The third-order valence-corrected chi connectivity index (χ3v) is 4.97. The van der Waals surface area contributed by atoms with Gasteiger partial charge in [-0.2, -0.15) is 0 Å². The number of carbonyl (C=O) groups excluding carboxylic acids is 1. The van der Waals surface area contributed by atoms with Gasteiger partial charge in [-0.05, 0) is 48.1 Å². The molecular formula is C15H19BrN4O4S. The number of hydrogen-bond acceptors (Lipinski definition) is 6. The summed E-state index contributed by atoms with van der Waals surface area (Å²) in [5.74, 6) is -1.15. The number of halogens is 1. The van der Waals surface area contributed by atoms with Gasteiger partial charge in [-0.1, -0.05) is 5.21 Å². The van der Waals surface area contributed by atoms with Crippen molar-refractivity contribution in [2.45, 2.75) is 39.3 Å². The summed E-state index contributed by atoms with van der Waals surface area (Å²) in [6.45, 7) is 5.93. The first kappa shape index (κ1) is 19.4. The summed E-state index contributed by atoms with van der Waals surface area (Å²) in [4.78, 5) is 24.1. The molecule has 2 N–H and O–H groups in total. The maximum atomic E-state index is 11.7. The van der Waals surface area contributed by atoms with Crippen LogP contribution in [0.2, 0.25) is 0 Å². The number of carboxylic acids is 1. The van der Waals surface area contributed by atoms with E-state index < -0.39 is 17.7 Å². The van der Waals surface area contributed by atoms with E-state index in [0.717, 1.165) is 9.35 Å². The highest BCUT2D eigenvalue weighted by Crippen LogP contribution is 2.24. The molecule has 0 atom stereocenters. The van der Waals surface area contributed by atoms with E-state index >= 15 is 0 Å². The van der Waals surface area contributed by atoms with E-state index in [2.05, 4.69) is 31.6 Å². The van der Waals surface area contributed by atoms with Crippen LogP contribution in [-0.2, 0) is 17.7 Å². The zero-order valence-corrected chi connectivity index (χ0v) is 16.5. The number of aromatic nitrogens is 3. The normalized spacial score (nSPS) is 11.4. The maximum absolute atomic E-state index is 11.7. The van der Waals surface area contributed by atoms with Crippen LogP contribution in [0, 0.1) is 0 Å². The van der Waals surface area contributed by atoms with E-state index in [1.807, 2.05) is 11.4 Å². The second kappa shape index (κ2) is 7.96. The van der Waals surface area contributed by atoms with E-state index in [0.29, 0.717) is 12.2 Å². The quantitative estimate of drug-likeness (QED) is 0.729. The maximum Gasteiger partial charge on any atom is 0.407 e. The van der Waals surface area contributed by atoms with E-state index in [-0.39, 0.29) is 18.7 Å². The molecule has 0 fully saturated rings. The van der Waals surface area contributed by atoms with Crippen molar-refractivity contribution in [1.29, 1.82) is 0 Å². The van der Waals surface area contributed by atoms with Crippen molar-refractivity contribution in [2.24, 2.45) is 0 Å². The van der Waals surface area contributed by atoms with Crippen LogP contribution in [-0.4, -0.2) is 44.3 Å².